The highest BCUT2D eigenvalue weighted by atomic mass is 19.1. The Kier molecular flexibility index (Phi) is 2.14. The molecule has 15 heavy (non-hydrogen) atoms. The molecule has 0 aliphatic carbocycles. The molecule has 0 amide bonds. The second-order valence-electron chi connectivity index (χ2n) is 4.08. The lowest BCUT2D eigenvalue weighted by Gasteiger charge is -2.28. The summed E-state index contributed by atoms with van der Waals surface area (Å²) in [7, 11) is 1.54. The third kappa shape index (κ3) is 1.67. The Balaban J connectivity index is 2.58. The zero-order chi connectivity index (χ0) is 11.1. The number of fused-ring (bicyclic) bond motifs is 1. The Bertz CT molecular complexity index is 427. The minimum absolute atomic E-state index is 0.310. The Morgan fingerprint density at radius 3 is 2.80 bits per heavy atom. The summed E-state index contributed by atoms with van der Waals surface area (Å²) >= 11 is 0. The van der Waals surface area contributed by atoms with Gasteiger partial charge in [-0.05, 0) is 26.0 Å². The van der Waals surface area contributed by atoms with E-state index in [0.29, 0.717) is 17.1 Å². The van der Waals surface area contributed by atoms with Crippen LogP contribution in [0.4, 0.5) is 15.8 Å². The van der Waals surface area contributed by atoms with Crippen molar-refractivity contribution in [2.75, 3.05) is 12.4 Å². The maximum atomic E-state index is 13.5. The van der Waals surface area contributed by atoms with Crippen LogP contribution in [0.1, 0.15) is 13.8 Å². The topological polar surface area (TPSA) is 33.6 Å². The van der Waals surface area contributed by atoms with Crippen molar-refractivity contribution < 1.29 is 9.13 Å². The molecule has 0 radical (unpaired) electrons. The Hall–Kier alpha value is -1.58. The molecule has 0 spiro atoms. The number of ether oxygens (including phenoxy) is 1. The first-order valence-corrected chi connectivity index (χ1v) is 4.73. The summed E-state index contributed by atoms with van der Waals surface area (Å²) in [5.41, 5.74) is 0.596. The van der Waals surface area contributed by atoms with E-state index in [4.69, 9.17) is 4.74 Å². The van der Waals surface area contributed by atoms with Crippen LogP contribution in [0.2, 0.25) is 0 Å². The van der Waals surface area contributed by atoms with Gasteiger partial charge in [-0.1, -0.05) is 0 Å². The number of nitrogens with zero attached hydrogens (tertiary/aromatic N) is 1. The van der Waals surface area contributed by atoms with Crippen molar-refractivity contribution in [3.8, 4) is 5.75 Å². The van der Waals surface area contributed by atoms with Gasteiger partial charge in [0.05, 0.1) is 12.6 Å². The van der Waals surface area contributed by atoms with E-state index in [9.17, 15) is 4.39 Å². The van der Waals surface area contributed by atoms with Gasteiger partial charge in [0, 0.05) is 6.21 Å². The Morgan fingerprint density at radius 2 is 2.13 bits per heavy atom. The van der Waals surface area contributed by atoms with Gasteiger partial charge in [0.25, 0.3) is 0 Å². The molecule has 1 aliphatic rings. The molecule has 0 fully saturated rings. The lowest BCUT2D eigenvalue weighted by Crippen LogP contribution is -2.34. The van der Waals surface area contributed by atoms with Gasteiger partial charge < -0.3 is 10.1 Å². The van der Waals surface area contributed by atoms with Crippen LogP contribution in [-0.2, 0) is 0 Å². The predicted molar refractivity (Wildman–Crippen MR) is 58.8 cm³/mol. The summed E-state index contributed by atoms with van der Waals surface area (Å²) < 4.78 is 18.7. The quantitative estimate of drug-likeness (QED) is 0.769. The number of aliphatic imine (C=N–C) groups is 1. The number of rotatable bonds is 1. The largest absolute Gasteiger partial charge is 0.494 e. The van der Waals surface area contributed by atoms with Crippen molar-refractivity contribution in [1.29, 1.82) is 0 Å². The van der Waals surface area contributed by atoms with E-state index in [1.807, 2.05) is 13.8 Å². The fraction of sp³-hybridized carbons (Fsp3) is 0.364. The molecule has 1 aliphatic heterocycles. The molecule has 0 aromatic heterocycles. The second kappa shape index (κ2) is 3.22. The van der Waals surface area contributed by atoms with Crippen LogP contribution in [0.5, 0.6) is 5.75 Å². The highest BCUT2D eigenvalue weighted by Gasteiger charge is 2.25. The molecule has 0 saturated carbocycles. The van der Waals surface area contributed by atoms with Crippen molar-refractivity contribution in [3.63, 3.8) is 0 Å². The average molecular weight is 208 g/mol. The van der Waals surface area contributed by atoms with Crippen molar-refractivity contribution >= 4 is 17.6 Å². The summed E-state index contributed by atoms with van der Waals surface area (Å²) in [5, 5.41) is 3.07. The summed E-state index contributed by atoms with van der Waals surface area (Å²) in [6, 6.07) is 2.95. The van der Waals surface area contributed by atoms with Gasteiger partial charge in [0.15, 0.2) is 0 Å². The van der Waals surface area contributed by atoms with E-state index in [1.54, 1.807) is 19.4 Å². The first-order valence-electron chi connectivity index (χ1n) is 4.73. The van der Waals surface area contributed by atoms with Gasteiger partial charge in [0.2, 0.25) is 0 Å². The monoisotopic (exact) mass is 208 g/mol. The first kappa shape index (κ1) is 9.96. The second-order valence-corrected chi connectivity index (χ2v) is 4.08. The number of anilines is 1. The summed E-state index contributed by atoms with van der Waals surface area (Å²) in [4.78, 5) is 4.22. The molecule has 1 aromatic carbocycles. The van der Waals surface area contributed by atoms with Crippen LogP contribution in [0, 0.1) is 5.82 Å². The highest BCUT2D eigenvalue weighted by molar-refractivity contribution is 5.88. The van der Waals surface area contributed by atoms with Crippen LogP contribution in [-0.4, -0.2) is 18.9 Å². The molecule has 1 aromatic rings. The summed E-state index contributed by atoms with van der Waals surface area (Å²) in [6.45, 7) is 3.86. The van der Waals surface area contributed by atoms with Gasteiger partial charge in [-0.25, -0.2) is 4.39 Å². The summed E-state index contributed by atoms with van der Waals surface area (Å²) in [5.74, 6) is 0.265. The number of methoxy groups -OCH3 is 1. The maximum absolute atomic E-state index is 13.5. The number of nitrogens with one attached hydrogen (secondary N) is 1. The molecular weight excluding hydrogens is 195 g/mol. The molecule has 0 atom stereocenters. The molecule has 2 rings (SSSR count). The third-order valence-electron chi connectivity index (χ3n) is 2.27. The smallest absolute Gasteiger partial charge is 0.148 e. The van der Waals surface area contributed by atoms with E-state index in [1.165, 1.54) is 6.07 Å². The number of benzene rings is 1. The molecule has 1 N–H and O–H groups in total. The summed E-state index contributed by atoms with van der Waals surface area (Å²) in [6.07, 6.45) is 1.75. The minimum atomic E-state index is -0.333. The minimum Gasteiger partial charge on any atom is -0.494 e. The molecule has 80 valence electrons. The first-order chi connectivity index (χ1) is 7.03. The zero-order valence-electron chi connectivity index (χ0n) is 8.97. The van der Waals surface area contributed by atoms with Gasteiger partial charge >= 0.3 is 0 Å². The van der Waals surface area contributed by atoms with Crippen LogP contribution >= 0.6 is 0 Å². The van der Waals surface area contributed by atoms with E-state index in [-0.39, 0.29) is 11.4 Å². The van der Waals surface area contributed by atoms with E-state index >= 15 is 0 Å². The zero-order valence-corrected chi connectivity index (χ0v) is 8.97. The normalized spacial score (nSPS) is 16.8. The van der Waals surface area contributed by atoms with Crippen LogP contribution < -0.4 is 10.1 Å². The maximum Gasteiger partial charge on any atom is 0.148 e. The van der Waals surface area contributed by atoms with E-state index in [2.05, 4.69) is 10.3 Å². The van der Waals surface area contributed by atoms with Crippen LogP contribution in [0.3, 0.4) is 0 Å². The predicted octanol–water partition coefficient (Wildman–Crippen LogP) is 2.74. The number of hydrogen-bond acceptors (Lipinski definition) is 3. The lowest BCUT2D eigenvalue weighted by molar-refractivity contribution is 0.415. The average Bonchev–Trinajstić information content (AvgIpc) is 2.18. The highest BCUT2D eigenvalue weighted by Crippen LogP contribution is 2.40. The molecule has 0 saturated heterocycles. The van der Waals surface area contributed by atoms with Crippen LogP contribution in [0.25, 0.3) is 0 Å². The molecule has 1 heterocycles. The lowest BCUT2D eigenvalue weighted by atomic mass is 10.0. The standard InChI is InChI=1S/C11H13FN2O/c1-11(2)6-13-10-8(15-3)5-4-7(12)9(10)14-11/h4-6,14H,1-3H3. The van der Waals surface area contributed by atoms with E-state index < -0.39 is 0 Å². The Morgan fingerprint density at radius 1 is 1.40 bits per heavy atom. The number of hydrogen-bond donors (Lipinski definition) is 1. The number of halogens is 1. The van der Waals surface area contributed by atoms with Gasteiger partial charge in [0.1, 0.15) is 22.9 Å². The Labute approximate surface area is 88.0 Å². The molecule has 4 heteroatoms. The molecular formula is C11H13FN2O. The SMILES string of the molecule is COc1ccc(F)c2c1N=CC(C)(C)N2. The fourth-order valence-corrected chi connectivity index (χ4v) is 1.54. The van der Waals surface area contributed by atoms with Crippen molar-refractivity contribution in [3.05, 3.63) is 17.9 Å². The third-order valence-corrected chi connectivity index (χ3v) is 2.27. The van der Waals surface area contributed by atoms with Crippen LogP contribution in [0.15, 0.2) is 17.1 Å². The van der Waals surface area contributed by atoms with Crippen molar-refractivity contribution in [1.82, 2.24) is 0 Å². The van der Waals surface area contributed by atoms with Crippen molar-refractivity contribution in [2.24, 2.45) is 4.99 Å². The molecule has 3 nitrogen and oxygen atoms in total. The van der Waals surface area contributed by atoms with Crippen molar-refractivity contribution in [2.45, 2.75) is 19.4 Å². The van der Waals surface area contributed by atoms with E-state index in [0.717, 1.165) is 0 Å². The van der Waals surface area contributed by atoms with Gasteiger partial charge in [-0.15, -0.1) is 0 Å². The molecule has 0 bridgehead atoms. The molecule has 0 unspecified atom stereocenters. The van der Waals surface area contributed by atoms with Gasteiger partial charge in [-0.3, -0.25) is 4.99 Å². The fourth-order valence-electron chi connectivity index (χ4n) is 1.54. The van der Waals surface area contributed by atoms with Gasteiger partial charge in [-0.2, -0.15) is 0 Å².